The van der Waals surface area contributed by atoms with Crippen molar-refractivity contribution in [1.82, 2.24) is 14.5 Å². The van der Waals surface area contributed by atoms with Crippen molar-refractivity contribution in [1.29, 1.82) is 0 Å². The lowest BCUT2D eigenvalue weighted by Gasteiger charge is -2.22. The fourth-order valence-electron chi connectivity index (χ4n) is 3.75. The van der Waals surface area contributed by atoms with Gasteiger partial charge in [-0.15, -0.1) is 0 Å². The smallest absolute Gasteiger partial charge is 0.242 e. The predicted molar refractivity (Wildman–Crippen MR) is 126 cm³/mol. The molecule has 0 spiro atoms. The average Bonchev–Trinajstić information content (AvgIpc) is 3.09. The Bertz CT molecular complexity index is 994. The summed E-state index contributed by atoms with van der Waals surface area (Å²) in [5.41, 5.74) is 3.22. The van der Waals surface area contributed by atoms with E-state index in [2.05, 4.69) is 46.8 Å². The van der Waals surface area contributed by atoms with Gasteiger partial charge in [0.1, 0.15) is 24.7 Å². The van der Waals surface area contributed by atoms with Crippen LogP contribution in [-0.2, 0) is 23.4 Å². The van der Waals surface area contributed by atoms with E-state index in [1.54, 1.807) is 0 Å². The van der Waals surface area contributed by atoms with Crippen molar-refractivity contribution in [2.45, 2.75) is 66.0 Å². The van der Waals surface area contributed by atoms with Crippen LogP contribution in [0.4, 0.5) is 0 Å². The molecule has 0 atom stereocenters. The monoisotopic (exact) mass is 421 g/mol. The fraction of sp³-hybridized carbons (Fsp3) is 0.462. The number of imidazole rings is 1. The molecule has 0 bridgehead atoms. The van der Waals surface area contributed by atoms with Crippen molar-refractivity contribution in [2.75, 3.05) is 13.1 Å². The van der Waals surface area contributed by atoms with E-state index in [0.717, 1.165) is 48.5 Å². The molecule has 0 fully saturated rings. The standard InChI is InChI=1S/C26H35N3O2/c1-6-16-28(17-7-2)25(30)18-29-23-11-9-8-10-22(23)27-24(29)19-31-21-14-12-20(13-15-21)26(3,4)5/h8-15H,6-7,16-19H2,1-5H3. The lowest BCUT2D eigenvalue weighted by molar-refractivity contribution is -0.131. The number of hydrogen-bond acceptors (Lipinski definition) is 3. The van der Waals surface area contributed by atoms with Crippen molar-refractivity contribution < 1.29 is 9.53 Å². The Kier molecular flexibility index (Phi) is 7.37. The van der Waals surface area contributed by atoms with E-state index in [4.69, 9.17) is 9.72 Å². The molecule has 0 aliphatic carbocycles. The highest BCUT2D eigenvalue weighted by Gasteiger charge is 2.18. The largest absolute Gasteiger partial charge is 0.486 e. The van der Waals surface area contributed by atoms with Gasteiger partial charge in [-0.3, -0.25) is 4.79 Å². The van der Waals surface area contributed by atoms with E-state index in [0.29, 0.717) is 6.61 Å². The van der Waals surface area contributed by atoms with E-state index < -0.39 is 0 Å². The van der Waals surface area contributed by atoms with Crippen molar-refractivity contribution in [2.24, 2.45) is 0 Å². The number of ether oxygens (including phenoxy) is 1. The number of fused-ring (bicyclic) bond motifs is 1. The molecule has 0 aliphatic rings. The third-order valence-corrected chi connectivity index (χ3v) is 5.46. The van der Waals surface area contributed by atoms with Gasteiger partial charge in [-0.2, -0.15) is 0 Å². The first-order chi connectivity index (χ1) is 14.8. The zero-order valence-electron chi connectivity index (χ0n) is 19.5. The first-order valence-electron chi connectivity index (χ1n) is 11.3. The maximum absolute atomic E-state index is 13.0. The third-order valence-electron chi connectivity index (χ3n) is 5.46. The highest BCUT2D eigenvalue weighted by molar-refractivity contribution is 5.81. The zero-order valence-corrected chi connectivity index (χ0v) is 19.5. The Labute approximate surface area is 186 Å². The summed E-state index contributed by atoms with van der Waals surface area (Å²) in [6.07, 6.45) is 1.91. The second-order valence-corrected chi connectivity index (χ2v) is 9.05. The van der Waals surface area contributed by atoms with Crippen LogP contribution in [0.2, 0.25) is 0 Å². The lowest BCUT2D eigenvalue weighted by atomic mass is 9.87. The van der Waals surface area contributed by atoms with Gasteiger partial charge in [0.2, 0.25) is 5.91 Å². The minimum Gasteiger partial charge on any atom is -0.486 e. The molecular formula is C26H35N3O2. The number of carbonyl (C=O) groups is 1. The SMILES string of the molecule is CCCN(CCC)C(=O)Cn1c(COc2ccc(C(C)(C)C)cc2)nc2ccccc21. The normalized spacial score (nSPS) is 11.6. The lowest BCUT2D eigenvalue weighted by Crippen LogP contribution is -2.35. The molecule has 1 amide bonds. The molecular weight excluding hydrogens is 386 g/mol. The Morgan fingerprint density at radius 3 is 2.26 bits per heavy atom. The number of amides is 1. The van der Waals surface area contributed by atoms with E-state index in [1.165, 1.54) is 5.56 Å². The van der Waals surface area contributed by atoms with Gasteiger partial charge < -0.3 is 14.2 Å². The summed E-state index contributed by atoms with van der Waals surface area (Å²) in [5, 5.41) is 0. The molecule has 2 aromatic carbocycles. The summed E-state index contributed by atoms with van der Waals surface area (Å²) in [7, 11) is 0. The minimum atomic E-state index is 0.107. The summed E-state index contributed by atoms with van der Waals surface area (Å²) in [6.45, 7) is 13.0. The van der Waals surface area contributed by atoms with Crippen LogP contribution in [0.25, 0.3) is 11.0 Å². The molecule has 1 aromatic heterocycles. The number of para-hydroxylation sites is 2. The van der Waals surface area contributed by atoms with Crippen molar-refractivity contribution in [3.8, 4) is 5.75 Å². The van der Waals surface area contributed by atoms with Crippen LogP contribution in [0.1, 0.15) is 58.8 Å². The van der Waals surface area contributed by atoms with E-state index in [1.807, 2.05) is 45.9 Å². The molecule has 3 aromatic rings. The van der Waals surface area contributed by atoms with Gasteiger partial charge >= 0.3 is 0 Å². The van der Waals surface area contributed by atoms with Gasteiger partial charge in [0.05, 0.1) is 11.0 Å². The highest BCUT2D eigenvalue weighted by Crippen LogP contribution is 2.25. The molecule has 31 heavy (non-hydrogen) atoms. The predicted octanol–water partition coefficient (Wildman–Crippen LogP) is 5.56. The van der Waals surface area contributed by atoms with E-state index in [-0.39, 0.29) is 17.9 Å². The van der Waals surface area contributed by atoms with E-state index in [9.17, 15) is 4.79 Å². The number of rotatable bonds is 9. The van der Waals surface area contributed by atoms with Crippen molar-refractivity contribution in [3.05, 3.63) is 59.9 Å². The van der Waals surface area contributed by atoms with Crippen LogP contribution < -0.4 is 4.74 Å². The van der Waals surface area contributed by atoms with Crippen LogP contribution in [0.15, 0.2) is 48.5 Å². The minimum absolute atomic E-state index is 0.107. The number of carbonyl (C=O) groups excluding carboxylic acids is 1. The number of aromatic nitrogens is 2. The summed E-state index contributed by atoms with van der Waals surface area (Å²) in [6, 6.07) is 16.2. The van der Waals surface area contributed by atoms with Crippen LogP contribution in [0.5, 0.6) is 5.75 Å². The van der Waals surface area contributed by atoms with Gasteiger partial charge in [0.25, 0.3) is 0 Å². The Morgan fingerprint density at radius 2 is 1.65 bits per heavy atom. The van der Waals surface area contributed by atoms with Gasteiger partial charge in [-0.1, -0.05) is 58.9 Å². The molecule has 166 valence electrons. The first-order valence-corrected chi connectivity index (χ1v) is 11.3. The van der Waals surface area contributed by atoms with E-state index >= 15 is 0 Å². The molecule has 5 heteroatoms. The summed E-state index contributed by atoms with van der Waals surface area (Å²) < 4.78 is 8.06. The molecule has 0 radical (unpaired) electrons. The highest BCUT2D eigenvalue weighted by atomic mass is 16.5. The van der Waals surface area contributed by atoms with Gasteiger partial charge in [0, 0.05) is 13.1 Å². The van der Waals surface area contributed by atoms with Gasteiger partial charge in [-0.25, -0.2) is 4.98 Å². The molecule has 0 N–H and O–H groups in total. The summed E-state index contributed by atoms with van der Waals surface area (Å²) in [4.78, 5) is 19.7. The Hall–Kier alpha value is -2.82. The van der Waals surface area contributed by atoms with Crippen LogP contribution >= 0.6 is 0 Å². The molecule has 0 aliphatic heterocycles. The van der Waals surface area contributed by atoms with Gasteiger partial charge in [0.15, 0.2) is 0 Å². The topological polar surface area (TPSA) is 47.4 Å². The molecule has 1 heterocycles. The van der Waals surface area contributed by atoms with Crippen molar-refractivity contribution in [3.63, 3.8) is 0 Å². The Balaban J connectivity index is 1.81. The van der Waals surface area contributed by atoms with Crippen LogP contribution in [-0.4, -0.2) is 33.4 Å². The number of nitrogens with zero attached hydrogens (tertiary/aromatic N) is 3. The number of benzene rings is 2. The molecule has 0 unspecified atom stereocenters. The molecule has 0 saturated heterocycles. The second-order valence-electron chi connectivity index (χ2n) is 9.05. The quantitative estimate of drug-likeness (QED) is 0.454. The third kappa shape index (κ3) is 5.66. The summed E-state index contributed by atoms with van der Waals surface area (Å²) >= 11 is 0. The average molecular weight is 422 g/mol. The fourth-order valence-corrected chi connectivity index (χ4v) is 3.75. The maximum Gasteiger partial charge on any atom is 0.242 e. The summed E-state index contributed by atoms with van der Waals surface area (Å²) in [5.74, 6) is 1.70. The molecule has 3 rings (SSSR count). The van der Waals surface area contributed by atoms with Crippen LogP contribution in [0, 0.1) is 0 Å². The first kappa shape index (κ1) is 22.9. The Morgan fingerprint density at radius 1 is 1.00 bits per heavy atom. The molecule has 0 saturated carbocycles. The van der Waals surface area contributed by atoms with Crippen molar-refractivity contribution >= 4 is 16.9 Å². The molecule has 5 nitrogen and oxygen atoms in total. The number of hydrogen-bond donors (Lipinski definition) is 0. The second kappa shape index (κ2) is 9.99. The zero-order chi connectivity index (χ0) is 22.4. The van der Waals surface area contributed by atoms with Gasteiger partial charge in [-0.05, 0) is 48.1 Å². The maximum atomic E-state index is 13.0. The van der Waals surface area contributed by atoms with Crippen LogP contribution in [0.3, 0.4) is 0 Å².